The first-order chi connectivity index (χ1) is 17.9. The maximum Gasteiger partial charge on any atom is 0.354 e. The number of carboxylic acid groups (broad SMARTS) is 1. The highest BCUT2D eigenvalue weighted by Crippen LogP contribution is 2.36. The Hall–Kier alpha value is -3.98. The molecule has 0 aliphatic carbocycles. The molecule has 0 amide bonds. The molecule has 1 aliphatic heterocycles. The number of aromatic nitrogens is 4. The number of hydrogen-bond acceptors (Lipinski definition) is 7. The Labute approximate surface area is 216 Å². The third kappa shape index (κ3) is 4.74. The molecule has 0 spiro atoms. The van der Waals surface area contributed by atoms with Crippen LogP contribution in [0.4, 0.5) is 11.5 Å². The second kappa shape index (κ2) is 10.2. The Morgan fingerprint density at radius 1 is 1.16 bits per heavy atom. The molecule has 1 saturated heterocycles. The van der Waals surface area contributed by atoms with Gasteiger partial charge < -0.3 is 19.6 Å². The van der Waals surface area contributed by atoms with Crippen molar-refractivity contribution in [3.63, 3.8) is 0 Å². The molecule has 5 rings (SSSR count). The second-order valence-corrected chi connectivity index (χ2v) is 9.69. The molecule has 1 N–H and O–H groups in total. The van der Waals surface area contributed by atoms with Crippen LogP contribution >= 0.6 is 0 Å². The molecular weight excluding hydrogens is 468 g/mol. The maximum absolute atomic E-state index is 12.1. The van der Waals surface area contributed by atoms with Gasteiger partial charge in [0.25, 0.3) is 0 Å². The number of likely N-dealkylation sites (N-methyl/N-ethyl adjacent to an activating group) is 1. The Morgan fingerprint density at radius 2 is 1.95 bits per heavy atom. The summed E-state index contributed by atoms with van der Waals surface area (Å²) in [5.74, 6) is -0.168. The molecule has 0 bridgehead atoms. The van der Waals surface area contributed by atoms with Gasteiger partial charge in [0.15, 0.2) is 11.3 Å². The minimum atomic E-state index is -1.08. The Morgan fingerprint density at radius 3 is 2.57 bits per heavy atom. The summed E-state index contributed by atoms with van der Waals surface area (Å²) in [6.45, 7) is 7.56. The van der Waals surface area contributed by atoms with Crippen LogP contribution in [0.5, 0.6) is 0 Å². The average Bonchev–Trinajstić information content (AvgIpc) is 3.26. The molecule has 1 fully saturated rings. The van der Waals surface area contributed by atoms with Gasteiger partial charge in [0.05, 0.1) is 23.4 Å². The molecule has 192 valence electrons. The van der Waals surface area contributed by atoms with Crippen molar-refractivity contribution in [1.82, 2.24) is 19.7 Å². The molecule has 4 heterocycles. The van der Waals surface area contributed by atoms with Crippen LogP contribution in [0, 0.1) is 0 Å². The molecule has 0 radical (unpaired) electrons. The second-order valence-electron chi connectivity index (χ2n) is 9.69. The molecule has 1 aliphatic rings. The summed E-state index contributed by atoms with van der Waals surface area (Å²) in [5, 5.41) is 15.7. The number of pyridine rings is 2. The quantitative estimate of drug-likeness (QED) is 0.356. The van der Waals surface area contributed by atoms with Gasteiger partial charge in [-0.3, -0.25) is 0 Å². The molecule has 9 nitrogen and oxygen atoms in total. The van der Waals surface area contributed by atoms with E-state index in [2.05, 4.69) is 40.8 Å². The van der Waals surface area contributed by atoms with Crippen LogP contribution in [0.15, 0.2) is 48.7 Å². The Bertz CT molecular complexity index is 1430. The van der Waals surface area contributed by atoms with E-state index in [1.807, 2.05) is 36.2 Å². The zero-order valence-corrected chi connectivity index (χ0v) is 21.7. The number of hydrogen-bond donors (Lipinski definition) is 1. The van der Waals surface area contributed by atoms with Gasteiger partial charge in [-0.15, -0.1) is 0 Å². The summed E-state index contributed by atoms with van der Waals surface area (Å²) in [7, 11) is 3.64. The van der Waals surface area contributed by atoms with E-state index in [9.17, 15) is 9.90 Å². The number of methoxy groups -OCH3 is 1. The van der Waals surface area contributed by atoms with Crippen LogP contribution in [-0.2, 0) is 4.74 Å². The SMILES string of the molecule is COCCN(C)c1ccc(-c2cc(C(=O)O)nc3c2c(C(C)C)nn3-c2cccc(N3CCC3)c2)cn1. The molecular formula is C28H32N6O3. The highest BCUT2D eigenvalue weighted by atomic mass is 16.5. The van der Waals surface area contributed by atoms with Gasteiger partial charge in [-0.1, -0.05) is 19.9 Å². The van der Waals surface area contributed by atoms with Gasteiger partial charge in [-0.2, -0.15) is 5.10 Å². The third-order valence-electron chi connectivity index (χ3n) is 6.81. The predicted octanol–water partition coefficient (Wildman–Crippen LogP) is 4.60. The first-order valence-electron chi connectivity index (χ1n) is 12.6. The van der Waals surface area contributed by atoms with E-state index in [4.69, 9.17) is 9.84 Å². The molecule has 0 atom stereocenters. The summed E-state index contributed by atoms with van der Waals surface area (Å²) >= 11 is 0. The summed E-state index contributed by atoms with van der Waals surface area (Å²) in [6.07, 6.45) is 2.97. The van der Waals surface area contributed by atoms with Crippen molar-refractivity contribution in [3.8, 4) is 16.8 Å². The van der Waals surface area contributed by atoms with E-state index in [0.29, 0.717) is 18.8 Å². The molecule has 9 heteroatoms. The third-order valence-corrected chi connectivity index (χ3v) is 6.81. The van der Waals surface area contributed by atoms with Crippen molar-refractivity contribution in [2.45, 2.75) is 26.2 Å². The fourth-order valence-corrected chi connectivity index (χ4v) is 4.57. The van der Waals surface area contributed by atoms with Gasteiger partial charge in [-0.05, 0) is 54.3 Å². The zero-order chi connectivity index (χ0) is 26.1. The predicted molar refractivity (Wildman–Crippen MR) is 145 cm³/mol. The monoisotopic (exact) mass is 500 g/mol. The van der Waals surface area contributed by atoms with E-state index in [1.165, 1.54) is 6.42 Å². The fourth-order valence-electron chi connectivity index (χ4n) is 4.57. The number of carbonyl (C=O) groups is 1. The molecule has 37 heavy (non-hydrogen) atoms. The number of carboxylic acids is 1. The molecule has 0 unspecified atom stereocenters. The largest absolute Gasteiger partial charge is 0.477 e. The first-order valence-corrected chi connectivity index (χ1v) is 12.6. The van der Waals surface area contributed by atoms with E-state index in [1.54, 1.807) is 24.1 Å². The molecule has 4 aromatic rings. The number of anilines is 2. The van der Waals surface area contributed by atoms with Crippen molar-refractivity contribution in [2.75, 3.05) is 50.2 Å². The van der Waals surface area contributed by atoms with Gasteiger partial charge in [0, 0.05) is 51.2 Å². The molecule has 0 saturated carbocycles. The number of aromatic carboxylic acids is 1. The van der Waals surface area contributed by atoms with Gasteiger partial charge >= 0.3 is 5.97 Å². The minimum Gasteiger partial charge on any atom is -0.477 e. The van der Waals surface area contributed by atoms with Crippen molar-refractivity contribution in [1.29, 1.82) is 0 Å². The number of nitrogens with zero attached hydrogens (tertiary/aromatic N) is 6. The highest BCUT2D eigenvalue weighted by Gasteiger charge is 2.24. The van der Waals surface area contributed by atoms with E-state index in [-0.39, 0.29) is 11.6 Å². The first kappa shape index (κ1) is 24.7. The minimum absolute atomic E-state index is 0.0286. The number of fused-ring (bicyclic) bond motifs is 1. The number of ether oxygens (including phenoxy) is 1. The van der Waals surface area contributed by atoms with Gasteiger partial charge in [-0.25, -0.2) is 19.4 Å². The van der Waals surface area contributed by atoms with E-state index in [0.717, 1.165) is 52.5 Å². The summed E-state index contributed by atoms with van der Waals surface area (Å²) < 4.78 is 6.95. The van der Waals surface area contributed by atoms with Crippen LogP contribution in [-0.4, -0.2) is 71.2 Å². The number of rotatable bonds is 9. The van der Waals surface area contributed by atoms with E-state index < -0.39 is 5.97 Å². The van der Waals surface area contributed by atoms with Crippen LogP contribution in [0.1, 0.15) is 42.4 Å². The standard InChI is InChI=1S/C28H32N6O3/c1-18(2)26-25-22(19-9-10-24(29-17-19)32(3)13-14-37-4)16-23(28(35)36)30-27(25)34(31-26)21-8-5-7-20(15-21)33-11-6-12-33/h5,7-10,15-18H,6,11-14H2,1-4H3,(H,35,36). The molecule has 1 aromatic carbocycles. The van der Waals surface area contributed by atoms with Crippen molar-refractivity contribution in [2.24, 2.45) is 0 Å². The van der Waals surface area contributed by atoms with Crippen molar-refractivity contribution >= 4 is 28.5 Å². The lowest BCUT2D eigenvalue weighted by Crippen LogP contribution is -2.36. The van der Waals surface area contributed by atoms with Gasteiger partial charge in [0.2, 0.25) is 0 Å². The average molecular weight is 501 g/mol. The summed E-state index contributed by atoms with van der Waals surface area (Å²) in [5.41, 5.74) is 4.93. The highest BCUT2D eigenvalue weighted by molar-refractivity contribution is 6.00. The van der Waals surface area contributed by atoms with E-state index >= 15 is 0 Å². The summed E-state index contributed by atoms with van der Waals surface area (Å²) in [4.78, 5) is 25.7. The van der Waals surface area contributed by atoms with Crippen molar-refractivity contribution < 1.29 is 14.6 Å². The van der Waals surface area contributed by atoms with Gasteiger partial charge in [0.1, 0.15) is 5.82 Å². The summed E-state index contributed by atoms with van der Waals surface area (Å²) in [6, 6.07) is 13.7. The fraction of sp³-hybridized carbons (Fsp3) is 0.357. The normalized spacial score (nSPS) is 13.3. The van der Waals surface area contributed by atoms with Crippen LogP contribution in [0.3, 0.4) is 0 Å². The smallest absolute Gasteiger partial charge is 0.354 e. The van der Waals surface area contributed by atoms with Crippen LogP contribution in [0.2, 0.25) is 0 Å². The molecule has 3 aromatic heterocycles. The van der Waals surface area contributed by atoms with Crippen LogP contribution < -0.4 is 9.80 Å². The Kier molecular flexibility index (Phi) is 6.80. The maximum atomic E-state index is 12.1. The van der Waals surface area contributed by atoms with Crippen LogP contribution in [0.25, 0.3) is 27.8 Å². The number of benzene rings is 1. The topological polar surface area (TPSA) is 96.6 Å². The zero-order valence-electron chi connectivity index (χ0n) is 21.7. The lowest BCUT2D eigenvalue weighted by molar-refractivity contribution is 0.0691. The lowest BCUT2D eigenvalue weighted by atomic mass is 9.98. The lowest BCUT2D eigenvalue weighted by Gasteiger charge is -2.33. The van der Waals surface area contributed by atoms with Crippen molar-refractivity contribution in [3.05, 3.63) is 60.0 Å². The Balaban J connectivity index is 1.67.